The Kier molecular flexibility index (Phi) is 8.06. The molecule has 38 heavy (non-hydrogen) atoms. The quantitative estimate of drug-likeness (QED) is 0.450. The van der Waals surface area contributed by atoms with Gasteiger partial charge in [0.2, 0.25) is 18.0 Å². The lowest BCUT2D eigenvalue weighted by molar-refractivity contribution is -0.136. The number of amides is 3. The number of carbonyl (C=O) groups excluding carboxylic acids is 3. The maximum atomic E-state index is 13.3. The van der Waals surface area contributed by atoms with Crippen molar-refractivity contribution in [1.82, 2.24) is 10.6 Å². The third kappa shape index (κ3) is 5.51. The molecule has 0 aromatic heterocycles. The Morgan fingerprint density at radius 3 is 2.34 bits per heavy atom. The molecule has 0 fully saturated rings. The number of nitrogens with zero attached hydrogens (tertiary/aromatic N) is 2. The zero-order valence-electron chi connectivity index (χ0n) is 21.7. The number of fused-ring (bicyclic) bond motifs is 1. The summed E-state index contributed by atoms with van der Waals surface area (Å²) in [7, 11) is 4.72. The highest BCUT2D eigenvalue weighted by Gasteiger charge is 2.33. The minimum Gasteiger partial charge on any atom is -0.493 e. The van der Waals surface area contributed by atoms with Crippen LogP contribution in [-0.4, -0.2) is 50.9 Å². The number of para-hydroxylation sites is 1. The summed E-state index contributed by atoms with van der Waals surface area (Å²) >= 11 is 0. The molecule has 1 aliphatic heterocycles. The van der Waals surface area contributed by atoms with Crippen LogP contribution < -0.4 is 25.0 Å². The van der Waals surface area contributed by atoms with E-state index in [1.807, 2.05) is 54.6 Å². The SMILES string of the molecule is COc1ccc(CNC(=O)C(C)C(=O)NC2N=C(c3ccccc3)c3ccccc3N(C)C2=O)cc1OC. The molecule has 0 spiro atoms. The highest BCUT2D eigenvalue weighted by Crippen LogP contribution is 2.28. The van der Waals surface area contributed by atoms with Gasteiger partial charge >= 0.3 is 0 Å². The molecule has 4 rings (SSSR count). The lowest BCUT2D eigenvalue weighted by atomic mass is 10.0. The molecule has 0 radical (unpaired) electrons. The molecule has 0 saturated carbocycles. The fraction of sp³-hybridized carbons (Fsp3) is 0.241. The van der Waals surface area contributed by atoms with Crippen molar-refractivity contribution in [3.63, 3.8) is 0 Å². The number of ether oxygens (including phenoxy) is 2. The summed E-state index contributed by atoms with van der Waals surface area (Å²) in [5.41, 5.74) is 3.61. The van der Waals surface area contributed by atoms with Crippen molar-refractivity contribution in [2.24, 2.45) is 10.9 Å². The Balaban J connectivity index is 1.51. The molecule has 3 aromatic rings. The second-order valence-electron chi connectivity index (χ2n) is 8.80. The van der Waals surface area contributed by atoms with Gasteiger partial charge in [-0.1, -0.05) is 54.6 Å². The number of carbonyl (C=O) groups is 3. The molecule has 2 unspecified atom stereocenters. The van der Waals surface area contributed by atoms with Crippen LogP contribution in [0.5, 0.6) is 11.5 Å². The van der Waals surface area contributed by atoms with Gasteiger partial charge in [0, 0.05) is 24.7 Å². The molecular weight excluding hydrogens is 484 g/mol. The summed E-state index contributed by atoms with van der Waals surface area (Å²) in [6.07, 6.45) is -1.20. The van der Waals surface area contributed by atoms with E-state index >= 15 is 0 Å². The van der Waals surface area contributed by atoms with E-state index in [1.54, 1.807) is 32.4 Å². The predicted octanol–water partition coefficient (Wildman–Crippen LogP) is 2.91. The summed E-state index contributed by atoms with van der Waals surface area (Å²) in [6, 6.07) is 22.2. The van der Waals surface area contributed by atoms with E-state index in [9.17, 15) is 14.4 Å². The Morgan fingerprint density at radius 2 is 1.63 bits per heavy atom. The van der Waals surface area contributed by atoms with Crippen LogP contribution in [0.4, 0.5) is 5.69 Å². The Bertz CT molecular complexity index is 1370. The van der Waals surface area contributed by atoms with E-state index in [4.69, 9.17) is 9.47 Å². The van der Waals surface area contributed by atoms with Crippen LogP contribution in [0.3, 0.4) is 0 Å². The number of aliphatic imine (C=N–C) groups is 1. The maximum absolute atomic E-state index is 13.3. The molecule has 2 atom stereocenters. The minimum absolute atomic E-state index is 0.188. The van der Waals surface area contributed by atoms with Gasteiger partial charge in [0.25, 0.3) is 5.91 Å². The maximum Gasteiger partial charge on any atom is 0.272 e. The van der Waals surface area contributed by atoms with Crippen molar-refractivity contribution in [2.45, 2.75) is 19.6 Å². The zero-order chi connectivity index (χ0) is 27.2. The Morgan fingerprint density at radius 1 is 0.947 bits per heavy atom. The second kappa shape index (κ2) is 11.6. The summed E-state index contributed by atoms with van der Waals surface area (Å²) in [4.78, 5) is 45.3. The molecule has 3 amide bonds. The van der Waals surface area contributed by atoms with Crippen molar-refractivity contribution in [3.05, 3.63) is 89.5 Å². The van der Waals surface area contributed by atoms with Crippen molar-refractivity contribution in [3.8, 4) is 11.5 Å². The van der Waals surface area contributed by atoms with E-state index in [0.717, 1.165) is 16.7 Å². The Hall–Kier alpha value is -4.66. The van der Waals surface area contributed by atoms with Crippen molar-refractivity contribution < 1.29 is 23.9 Å². The first-order chi connectivity index (χ1) is 18.3. The van der Waals surface area contributed by atoms with Gasteiger partial charge in [-0.2, -0.15) is 0 Å². The number of nitrogens with one attached hydrogen (secondary N) is 2. The van der Waals surface area contributed by atoms with Gasteiger partial charge in [-0.05, 0) is 30.7 Å². The van der Waals surface area contributed by atoms with Gasteiger partial charge in [0.1, 0.15) is 5.92 Å². The number of rotatable bonds is 8. The van der Waals surface area contributed by atoms with Gasteiger partial charge in [-0.3, -0.25) is 14.4 Å². The molecule has 0 bridgehead atoms. The van der Waals surface area contributed by atoms with Gasteiger partial charge < -0.3 is 25.0 Å². The highest BCUT2D eigenvalue weighted by atomic mass is 16.5. The topological polar surface area (TPSA) is 109 Å². The molecule has 3 aromatic carbocycles. The smallest absolute Gasteiger partial charge is 0.272 e. The molecule has 0 aliphatic carbocycles. The number of benzodiazepines with no additional fused rings is 1. The number of hydrogen-bond donors (Lipinski definition) is 2. The van der Waals surface area contributed by atoms with Crippen molar-refractivity contribution >= 4 is 29.1 Å². The third-order valence-corrected chi connectivity index (χ3v) is 6.37. The normalized spacial score (nSPS) is 15.5. The standard InChI is InChI=1S/C29H30N4O5/c1-18(27(34)30-17-19-14-15-23(37-3)24(16-19)38-4)28(35)32-26-29(36)33(2)22-13-9-8-12-21(22)25(31-26)20-10-6-5-7-11-20/h5-16,18,26H,17H2,1-4H3,(H,30,34)(H,32,35). The molecule has 9 nitrogen and oxygen atoms in total. The molecule has 0 saturated heterocycles. The van der Waals surface area contributed by atoms with E-state index in [0.29, 0.717) is 22.9 Å². The van der Waals surface area contributed by atoms with Crippen LogP contribution in [0.1, 0.15) is 23.6 Å². The summed E-state index contributed by atoms with van der Waals surface area (Å²) in [5, 5.41) is 5.43. The molecule has 196 valence electrons. The monoisotopic (exact) mass is 514 g/mol. The van der Waals surface area contributed by atoms with E-state index in [-0.39, 0.29) is 6.54 Å². The fourth-order valence-corrected chi connectivity index (χ4v) is 4.15. The molecule has 1 aliphatic rings. The predicted molar refractivity (Wildman–Crippen MR) is 144 cm³/mol. The lowest BCUT2D eigenvalue weighted by Gasteiger charge is -2.22. The van der Waals surface area contributed by atoms with Crippen LogP contribution in [-0.2, 0) is 20.9 Å². The molecule has 1 heterocycles. The first-order valence-corrected chi connectivity index (χ1v) is 12.1. The molecule has 9 heteroatoms. The lowest BCUT2D eigenvalue weighted by Crippen LogP contribution is -2.49. The number of likely N-dealkylation sites (N-methyl/N-ethyl adjacent to an activating group) is 1. The van der Waals surface area contributed by atoms with Gasteiger partial charge in [-0.15, -0.1) is 0 Å². The highest BCUT2D eigenvalue weighted by molar-refractivity contribution is 6.20. The second-order valence-corrected chi connectivity index (χ2v) is 8.80. The first kappa shape index (κ1) is 26.4. The third-order valence-electron chi connectivity index (χ3n) is 6.37. The zero-order valence-corrected chi connectivity index (χ0v) is 21.7. The molecular formula is C29H30N4O5. The minimum atomic E-state index is -1.20. The first-order valence-electron chi connectivity index (χ1n) is 12.1. The van der Waals surface area contributed by atoms with E-state index < -0.39 is 29.8 Å². The van der Waals surface area contributed by atoms with E-state index in [2.05, 4.69) is 15.6 Å². The van der Waals surface area contributed by atoms with Gasteiger partial charge in [-0.25, -0.2) is 4.99 Å². The van der Waals surface area contributed by atoms with Gasteiger partial charge in [0.05, 0.1) is 25.6 Å². The summed E-state index contributed by atoms with van der Waals surface area (Å²) < 4.78 is 10.5. The number of benzene rings is 3. The average Bonchev–Trinajstić information content (AvgIpc) is 3.06. The van der Waals surface area contributed by atoms with Crippen molar-refractivity contribution in [2.75, 3.05) is 26.2 Å². The fourth-order valence-electron chi connectivity index (χ4n) is 4.15. The van der Waals surface area contributed by atoms with Crippen LogP contribution >= 0.6 is 0 Å². The average molecular weight is 515 g/mol. The van der Waals surface area contributed by atoms with Crippen LogP contribution in [0.2, 0.25) is 0 Å². The summed E-state index contributed by atoms with van der Waals surface area (Å²) in [6.45, 7) is 1.67. The van der Waals surface area contributed by atoms with E-state index in [1.165, 1.54) is 18.9 Å². The van der Waals surface area contributed by atoms with Crippen LogP contribution in [0, 0.1) is 5.92 Å². The largest absolute Gasteiger partial charge is 0.493 e. The van der Waals surface area contributed by atoms with Crippen molar-refractivity contribution in [1.29, 1.82) is 0 Å². The summed E-state index contributed by atoms with van der Waals surface area (Å²) in [5.74, 6) is -1.45. The number of anilines is 1. The molecule has 2 N–H and O–H groups in total. The van der Waals surface area contributed by atoms with Gasteiger partial charge in [0.15, 0.2) is 11.5 Å². The van der Waals surface area contributed by atoms with Crippen LogP contribution in [0.15, 0.2) is 77.8 Å². The van der Waals surface area contributed by atoms with Crippen LogP contribution in [0.25, 0.3) is 0 Å². The number of hydrogen-bond acceptors (Lipinski definition) is 6. The number of methoxy groups -OCH3 is 2. The Labute approximate surface area is 221 Å².